The molecule has 28 heavy (non-hydrogen) atoms. The first kappa shape index (κ1) is 20.4. The molecule has 1 N–H and O–H groups in total. The van der Waals surface area contributed by atoms with Gasteiger partial charge in [0.2, 0.25) is 5.91 Å². The number of amides is 4. The first-order valence-electron chi connectivity index (χ1n) is 10.4. The van der Waals surface area contributed by atoms with Crippen LogP contribution in [-0.2, 0) is 16.0 Å². The number of likely N-dealkylation sites (N-methyl/N-ethyl adjacent to an activating group) is 1. The lowest BCUT2D eigenvalue weighted by Crippen LogP contribution is -2.48. The molecule has 1 aliphatic carbocycles. The summed E-state index contributed by atoms with van der Waals surface area (Å²) in [6, 6.07) is 7.76. The molecule has 4 amide bonds. The van der Waals surface area contributed by atoms with Crippen LogP contribution in [0.25, 0.3) is 0 Å². The Kier molecular flexibility index (Phi) is 6.06. The van der Waals surface area contributed by atoms with Gasteiger partial charge in [-0.05, 0) is 43.2 Å². The molecule has 1 saturated heterocycles. The largest absolute Gasteiger partial charge is 0.337 e. The summed E-state index contributed by atoms with van der Waals surface area (Å²) in [5, 5.41) is 2.88. The van der Waals surface area contributed by atoms with E-state index in [0.29, 0.717) is 12.8 Å². The average Bonchev–Trinajstić information content (AvgIpc) is 2.91. The van der Waals surface area contributed by atoms with Crippen LogP contribution in [0.4, 0.5) is 4.79 Å². The van der Waals surface area contributed by atoms with Gasteiger partial charge in [0, 0.05) is 7.05 Å². The maximum Gasteiger partial charge on any atom is 0.325 e. The zero-order chi connectivity index (χ0) is 20.3. The number of aryl methyl sites for hydroxylation is 1. The van der Waals surface area contributed by atoms with Crippen molar-refractivity contribution < 1.29 is 14.4 Å². The second kappa shape index (κ2) is 8.33. The lowest BCUT2D eigenvalue weighted by atomic mass is 9.87. The molecule has 0 spiro atoms. The van der Waals surface area contributed by atoms with Crippen LogP contribution in [0.15, 0.2) is 24.3 Å². The lowest BCUT2D eigenvalue weighted by Gasteiger charge is -2.34. The van der Waals surface area contributed by atoms with Crippen molar-refractivity contribution in [3.05, 3.63) is 35.4 Å². The molecule has 6 nitrogen and oxygen atoms in total. The zero-order valence-electron chi connectivity index (χ0n) is 17.2. The first-order chi connectivity index (χ1) is 13.4. The third-order valence-electron chi connectivity index (χ3n) is 6.09. The molecular formula is C22H31N3O3. The maximum atomic E-state index is 13.0. The molecule has 3 rings (SSSR count). The average molecular weight is 386 g/mol. The van der Waals surface area contributed by atoms with Crippen molar-refractivity contribution in [1.29, 1.82) is 0 Å². The molecule has 1 fully saturated rings. The van der Waals surface area contributed by atoms with Gasteiger partial charge in [-0.25, -0.2) is 4.79 Å². The summed E-state index contributed by atoms with van der Waals surface area (Å²) in [4.78, 5) is 41.3. The summed E-state index contributed by atoms with van der Waals surface area (Å²) >= 11 is 0. The molecule has 6 heteroatoms. The predicted octanol–water partition coefficient (Wildman–Crippen LogP) is 3.41. The van der Waals surface area contributed by atoms with E-state index in [9.17, 15) is 14.4 Å². The topological polar surface area (TPSA) is 69.7 Å². The molecule has 1 aromatic rings. The highest BCUT2D eigenvalue weighted by molar-refractivity contribution is 6.09. The fraction of sp³-hybridized carbons (Fsp3) is 0.591. The summed E-state index contributed by atoms with van der Waals surface area (Å²) < 4.78 is 0. The van der Waals surface area contributed by atoms with Crippen LogP contribution in [0.5, 0.6) is 0 Å². The van der Waals surface area contributed by atoms with E-state index in [2.05, 4.69) is 17.4 Å². The minimum Gasteiger partial charge on any atom is -0.337 e. The van der Waals surface area contributed by atoms with Crippen molar-refractivity contribution >= 4 is 17.8 Å². The quantitative estimate of drug-likeness (QED) is 0.731. The molecule has 2 aliphatic rings. The van der Waals surface area contributed by atoms with Crippen molar-refractivity contribution in [2.24, 2.45) is 0 Å². The van der Waals surface area contributed by atoms with Crippen molar-refractivity contribution in [2.45, 2.75) is 70.4 Å². The van der Waals surface area contributed by atoms with Gasteiger partial charge in [0.15, 0.2) is 0 Å². The Balaban J connectivity index is 1.74. The number of urea groups is 1. The van der Waals surface area contributed by atoms with Gasteiger partial charge in [0.25, 0.3) is 5.91 Å². The van der Waals surface area contributed by atoms with Gasteiger partial charge in [0.05, 0.1) is 6.04 Å². The van der Waals surface area contributed by atoms with Crippen molar-refractivity contribution in [1.82, 2.24) is 15.1 Å². The van der Waals surface area contributed by atoms with Crippen molar-refractivity contribution in [3.63, 3.8) is 0 Å². The maximum absolute atomic E-state index is 13.0. The number of imide groups is 1. The number of carbonyl (C=O) groups is 3. The van der Waals surface area contributed by atoms with E-state index in [1.54, 1.807) is 11.9 Å². The predicted molar refractivity (Wildman–Crippen MR) is 108 cm³/mol. The molecule has 1 unspecified atom stereocenters. The third-order valence-corrected chi connectivity index (χ3v) is 6.09. The molecule has 1 heterocycles. The Bertz CT molecular complexity index is 755. The van der Waals surface area contributed by atoms with Crippen LogP contribution < -0.4 is 5.32 Å². The molecule has 0 radical (unpaired) electrons. The fourth-order valence-electron chi connectivity index (χ4n) is 4.69. The monoisotopic (exact) mass is 385 g/mol. The Morgan fingerprint density at radius 2 is 1.89 bits per heavy atom. The molecule has 152 valence electrons. The summed E-state index contributed by atoms with van der Waals surface area (Å²) in [6.45, 7) is 3.80. The summed E-state index contributed by atoms with van der Waals surface area (Å²) in [6.07, 6.45) is 5.74. The molecular weight excluding hydrogens is 354 g/mol. The normalized spacial score (nSPS) is 20.7. The van der Waals surface area contributed by atoms with Gasteiger partial charge in [-0.2, -0.15) is 0 Å². The minimum atomic E-state index is -0.850. The fourth-order valence-corrected chi connectivity index (χ4v) is 4.69. The number of benzene rings is 1. The lowest BCUT2D eigenvalue weighted by molar-refractivity contribution is -0.140. The first-order valence-corrected chi connectivity index (χ1v) is 10.4. The standard InChI is InChI=1S/C22H31N3O3/c1-4-13-22(14-5-2)20(27)25(21(28)23-22)15-19(26)24(3)18-12-8-10-16-9-6-7-11-17(16)18/h6-7,9,11,18H,4-5,8,10,12-15H2,1-3H3,(H,23,28). The van der Waals surface area contributed by atoms with Crippen LogP contribution in [0.2, 0.25) is 0 Å². The van der Waals surface area contributed by atoms with E-state index in [0.717, 1.165) is 37.0 Å². The number of fused-ring (bicyclic) bond motifs is 1. The SMILES string of the molecule is CCCC1(CCC)NC(=O)N(CC(=O)N(C)C2CCCc3ccccc32)C1=O. The van der Waals surface area contributed by atoms with Crippen LogP contribution >= 0.6 is 0 Å². The van der Waals surface area contributed by atoms with Crippen LogP contribution in [0.1, 0.15) is 69.5 Å². The number of hydrogen-bond donors (Lipinski definition) is 1. The Morgan fingerprint density at radius 1 is 1.21 bits per heavy atom. The Labute approximate surface area is 167 Å². The molecule has 1 atom stereocenters. The van der Waals surface area contributed by atoms with E-state index < -0.39 is 11.6 Å². The van der Waals surface area contributed by atoms with E-state index in [4.69, 9.17) is 0 Å². The van der Waals surface area contributed by atoms with Gasteiger partial charge < -0.3 is 10.2 Å². The Hall–Kier alpha value is -2.37. The highest BCUT2D eigenvalue weighted by Crippen LogP contribution is 2.34. The molecule has 1 aromatic carbocycles. The van der Waals surface area contributed by atoms with Gasteiger partial charge in [0.1, 0.15) is 12.1 Å². The van der Waals surface area contributed by atoms with Crippen molar-refractivity contribution in [2.75, 3.05) is 13.6 Å². The van der Waals surface area contributed by atoms with Gasteiger partial charge >= 0.3 is 6.03 Å². The van der Waals surface area contributed by atoms with E-state index in [1.807, 2.05) is 26.0 Å². The molecule has 0 aromatic heterocycles. The van der Waals surface area contributed by atoms with E-state index in [1.165, 1.54) is 11.1 Å². The number of hydrogen-bond acceptors (Lipinski definition) is 3. The number of nitrogens with one attached hydrogen (secondary N) is 1. The second-order valence-electron chi connectivity index (χ2n) is 8.02. The summed E-state index contributed by atoms with van der Waals surface area (Å²) in [5.74, 6) is -0.457. The number of carbonyl (C=O) groups excluding carboxylic acids is 3. The smallest absolute Gasteiger partial charge is 0.325 e. The summed E-state index contributed by atoms with van der Waals surface area (Å²) in [7, 11) is 1.78. The van der Waals surface area contributed by atoms with Crippen LogP contribution in [0.3, 0.4) is 0 Å². The van der Waals surface area contributed by atoms with E-state index >= 15 is 0 Å². The molecule has 1 aliphatic heterocycles. The van der Waals surface area contributed by atoms with Crippen molar-refractivity contribution in [3.8, 4) is 0 Å². The zero-order valence-corrected chi connectivity index (χ0v) is 17.2. The van der Waals surface area contributed by atoms with Crippen LogP contribution in [0, 0.1) is 0 Å². The molecule has 0 bridgehead atoms. The summed E-state index contributed by atoms with van der Waals surface area (Å²) in [5.41, 5.74) is 1.60. The molecule has 0 saturated carbocycles. The highest BCUT2D eigenvalue weighted by atomic mass is 16.2. The Morgan fingerprint density at radius 3 is 2.57 bits per heavy atom. The van der Waals surface area contributed by atoms with Gasteiger partial charge in [-0.15, -0.1) is 0 Å². The highest BCUT2D eigenvalue weighted by Gasteiger charge is 2.50. The van der Waals surface area contributed by atoms with Gasteiger partial charge in [-0.3, -0.25) is 14.5 Å². The second-order valence-corrected chi connectivity index (χ2v) is 8.02. The number of nitrogens with zero attached hydrogens (tertiary/aromatic N) is 2. The third kappa shape index (κ3) is 3.64. The van der Waals surface area contributed by atoms with Crippen LogP contribution in [-0.4, -0.2) is 46.8 Å². The minimum absolute atomic E-state index is 0.00532. The number of rotatable bonds is 7. The van der Waals surface area contributed by atoms with Gasteiger partial charge in [-0.1, -0.05) is 51.0 Å². The van der Waals surface area contributed by atoms with E-state index in [-0.39, 0.29) is 24.4 Å².